The number of thioether (sulfide) groups is 1. The average molecular weight is 506 g/mol. The summed E-state index contributed by atoms with van der Waals surface area (Å²) in [5, 5.41) is -0.477. The summed E-state index contributed by atoms with van der Waals surface area (Å²) in [6.45, 7) is 0. The summed E-state index contributed by atoms with van der Waals surface area (Å²) in [4.78, 5) is 44.8. The molecule has 0 radical (unpaired) electrons. The highest BCUT2D eigenvalue weighted by Gasteiger charge is 2.57. The second-order valence-electron chi connectivity index (χ2n) is 8.26. The van der Waals surface area contributed by atoms with E-state index in [4.69, 9.17) is 0 Å². The molecule has 3 aromatic rings. The van der Waals surface area contributed by atoms with Crippen molar-refractivity contribution in [2.45, 2.75) is 22.4 Å². The van der Waals surface area contributed by atoms with Gasteiger partial charge >= 0.3 is 11.0 Å². The van der Waals surface area contributed by atoms with Crippen LogP contribution in [0.4, 0.5) is 24.5 Å². The molecule has 176 valence electrons. The Morgan fingerprint density at radius 1 is 0.971 bits per heavy atom. The standard InChI is InChI=1S/C23H18F3N3O3S2/c1-28(2)12-9-7-11(8-10-12)15-16-18(33-19-17(15)34-22(32)27-19)21(31)29(20(16)30)14-6-4-3-5-13(14)23(24,25)26/h3-10,15-16,18H,1-2H3,(H,27,32)/t15-,16?,18?/m1/s1. The van der Waals surface area contributed by atoms with Crippen molar-refractivity contribution in [3.63, 3.8) is 0 Å². The molecular formula is C23H18F3N3O3S2. The Hall–Kier alpha value is -3.05. The first-order valence-electron chi connectivity index (χ1n) is 10.3. The Bertz CT molecular complexity index is 1350. The van der Waals surface area contributed by atoms with Crippen LogP contribution in [-0.2, 0) is 15.8 Å². The Labute approximate surface area is 200 Å². The number of imide groups is 1. The molecule has 3 atom stereocenters. The van der Waals surface area contributed by atoms with Crippen molar-refractivity contribution in [1.82, 2.24) is 4.98 Å². The fourth-order valence-electron chi connectivity index (χ4n) is 4.50. The van der Waals surface area contributed by atoms with E-state index in [1.54, 1.807) is 0 Å². The van der Waals surface area contributed by atoms with E-state index in [0.717, 1.165) is 40.9 Å². The molecule has 0 saturated carbocycles. The summed E-state index contributed by atoms with van der Waals surface area (Å²) < 4.78 is 41.1. The zero-order valence-electron chi connectivity index (χ0n) is 17.9. The number of aromatic amines is 1. The van der Waals surface area contributed by atoms with Crippen LogP contribution < -0.4 is 14.7 Å². The summed E-state index contributed by atoms with van der Waals surface area (Å²) in [5.74, 6) is -3.00. The molecule has 1 N–H and O–H groups in total. The number of fused-ring (bicyclic) bond motifs is 2. The van der Waals surface area contributed by atoms with Gasteiger partial charge in [-0.25, -0.2) is 4.90 Å². The Morgan fingerprint density at radius 3 is 2.29 bits per heavy atom. The maximum absolute atomic E-state index is 13.7. The third kappa shape index (κ3) is 3.54. The van der Waals surface area contributed by atoms with Gasteiger partial charge in [0.25, 0.3) is 0 Å². The van der Waals surface area contributed by atoms with Gasteiger partial charge in [-0.05, 0) is 29.8 Å². The number of para-hydroxylation sites is 1. The van der Waals surface area contributed by atoms with Gasteiger partial charge in [-0.3, -0.25) is 14.4 Å². The minimum atomic E-state index is -4.73. The molecule has 0 spiro atoms. The van der Waals surface area contributed by atoms with Crippen LogP contribution in [0.1, 0.15) is 21.9 Å². The minimum absolute atomic E-state index is 0.313. The predicted octanol–water partition coefficient (Wildman–Crippen LogP) is 4.32. The number of carbonyl (C=O) groups excluding carboxylic acids is 2. The van der Waals surface area contributed by atoms with E-state index in [1.807, 2.05) is 43.3 Å². The molecule has 11 heteroatoms. The number of hydrogen-bond donors (Lipinski definition) is 1. The smallest absolute Gasteiger partial charge is 0.378 e. The third-order valence-corrected chi connectivity index (χ3v) is 8.44. The SMILES string of the molecule is CN(C)c1ccc([C@H]2c3sc(=O)[nH]c3SC3C(=O)N(c4ccccc4C(F)(F)F)C(=O)C32)cc1. The van der Waals surface area contributed by atoms with Gasteiger partial charge in [-0.15, -0.1) is 0 Å². The number of aromatic nitrogens is 1. The number of amides is 2. The number of thiazole rings is 1. The van der Waals surface area contributed by atoms with Crippen LogP contribution in [0.15, 0.2) is 58.4 Å². The van der Waals surface area contributed by atoms with Crippen molar-refractivity contribution in [2.75, 3.05) is 23.9 Å². The molecule has 2 aliphatic rings. The fourth-order valence-corrected chi connectivity index (χ4v) is 7.02. The Balaban J connectivity index is 1.64. The molecule has 0 aliphatic carbocycles. The highest BCUT2D eigenvalue weighted by molar-refractivity contribution is 8.00. The number of carbonyl (C=O) groups is 2. The number of halogens is 3. The number of anilines is 2. The second kappa shape index (κ2) is 8.02. The van der Waals surface area contributed by atoms with E-state index in [0.29, 0.717) is 20.4 Å². The molecule has 1 aromatic heterocycles. The lowest BCUT2D eigenvalue weighted by molar-refractivity contribution is -0.137. The largest absolute Gasteiger partial charge is 0.418 e. The lowest BCUT2D eigenvalue weighted by Gasteiger charge is -2.30. The summed E-state index contributed by atoms with van der Waals surface area (Å²) in [6, 6.07) is 12.0. The third-order valence-electron chi connectivity index (χ3n) is 6.04. The maximum atomic E-state index is 13.7. The summed E-state index contributed by atoms with van der Waals surface area (Å²) in [6.07, 6.45) is -4.73. The molecule has 3 heterocycles. The number of rotatable bonds is 3. The predicted molar refractivity (Wildman–Crippen MR) is 125 cm³/mol. The van der Waals surface area contributed by atoms with Crippen molar-refractivity contribution < 1.29 is 22.8 Å². The fraction of sp³-hybridized carbons (Fsp3) is 0.261. The minimum Gasteiger partial charge on any atom is -0.378 e. The van der Waals surface area contributed by atoms with Crippen LogP contribution in [0, 0.1) is 5.92 Å². The van der Waals surface area contributed by atoms with Crippen LogP contribution in [0.2, 0.25) is 0 Å². The second-order valence-corrected chi connectivity index (χ2v) is 10.4. The number of benzene rings is 2. The van der Waals surface area contributed by atoms with E-state index in [1.165, 1.54) is 12.1 Å². The molecule has 0 bridgehead atoms. The quantitative estimate of drug-likeness (QED) is 0.537. The van der Waals surface area contributed by atoms with Gasteiger partial charge < -0.3 is 9.88 Å². The summed E-state index contributed by atoms with van der Waals surface area (Å²) >= 11 is 1.99. The van der Waals surface area contributed by atoms with E-state index in [-0.39, 0.29) is 4.87 Å². The van der Waals surface area contributed by atoms with Gasteiger partial charge in [0, 0.05) is 30.6 Å². The first-order chi connectivity index (χ1) is 16.1. The first kappa shape index (κ1) is 22.7. The van der Waals surface area contributed by atoms with Crippen molar-refractivity contribution in [3.05, 3.63) is 74.2 Å². The Morgan fingerprint density at radius 2 is 1.65 bits per heavy atom. The van der Waals surface area contributed by atoms with Crippen LogP contribution in [0.5, 0.6) is 0 Å². The topological polar surface area (TPSA) is 73.5 Å². The zero-order valence-corrected chi connectivity index (χ0v) is 19.6. The maximum Gasteiger partial charge on any atom is 0.418 e. The van der Waals surface area contributed by atoms with Gasteiger partial charge in [-0.1, -0.05) is 47.4 Å². The van der Waals surface area contributed by atoms with Gasteiger partial charge in [0.1, 0.15) is 5.25 Å². The summed E-state index contributed by atoms with van der Waals surface area (Å²) in [7, 11) is 3.76. The van der Waals surface area contributed by atoms with Crippen molar-refractivity contribution in [2.24, 2.45) is 5.92 Å². The molecule has 1 saturated heterocycles. The molecule has 2 unspecified atom stereocenters. The van der Waals surface area contributed by atoms with Gasteiger partial charge in [-0.2, -0.15) is 13.2 Å². The van der Waals surface area contributed by atoms with Crippen LogP contribution in [0.3, 0.4) is 0 Å². The molecule has 1 fully saturated rings. The lowest BCUT2D eigenvalue weighted by Crippen LogP contribution is -2.33. The van der Waals surface area contributed by atoms with Gasteiger partial charge in [0.05, 0.1) is 22.2 Å². The molecule has 2 amide bonds. The number of H-pyrrole nitrogens is 1. The van der Waals surface area contributed by atoms with E-state index in [2.05, 4.69) is 4.98 Å². The van der Waals surface area contributed by atoms with Crippen molar-refractivity contribution >= 4 is 46.3 Å². The normalized spacial score (nSPS) is 22.0. The molecule has 2 aliphatic heterocycles. The van der Waals surface area contributed by atoms with Crippen LogP contribution in [-0.4, -0.2) is 36.1 Å². The van der Waals surface area contributed by atoms with Crippen molar-refractivity contribution in [3.8, 4) is 0 Å². The molecule has 34 heavy (non-hydrogen) atoms. The highest BCUT2D eigenvalue weighted by atomic mass is 32.2. The molecule has 2 aromatic carbocycles. The number of nitrogens with zero attached hydrogens (tertiary/aromatic N) is 2. The zero-order chi connectivity index (χ0) is 24.4. The number of alkyl halides is 3. The van der Waals surface area contributed by atoms with Gasteiger partial charge in [0.15, 0.2) is 0 Å². The van der Waals surface area contributed by atoms with Gasteiger partial charge in [0.2, 0.25) is 11.8 Å². The van der Waals surface area contributed by atoms with E-state index < -0.39 is 46.3 Å². The monoisotopic (exact) mass is 505 g/mol. The van der Waals surface area contributed by atoms with Crippen LogP contribution in [0.25, 0.3) is 0 Å². The van der Waals surface area contributed by atoms with Crippen LogP contribution >= 0.6 is 23.1 Å². The highest BCUT2D eigenvalue weighted by Crippen LogP contribution is 2.54. The number of nitrogens with one attached hydrogen (secondary N) is 1. The molecular weight excluding hydrogens is 487 g/mol. The van der Waals surface area contributed by atoms with Crippen molar-refractivity contribution in [1.29, 1.82) is 0 Å². The summed E-state index contributed by atoms with van der Waals surface area (Å²) in [5.41, 5.74) is 0.112. The Kier molecular flexibility index (Phi) is 5.36. The first-order valence-corrected chi connectivity index (χ1v) is 12.0. The average Bonchev–Trinajstić information content (AvgIpc) is 3.27. The lowest BCUT2D eigenvalue weighted by atomic mass is 9.83. The molecule has 5 rings (SSSR count). The molecule has 6 nitrogen and oxygen atoms in total. The van der Waals surface area contributed by atoms with E-state index in [9.17, 15) is 27.6 Å². The van der Waals surface area contributed by atoms with E-state index >= 15 is 0 Å². The number of hydrogen-bond acceptors (Lipinski definition) is 6.